The minimum Gasteiger partial charge on any atom is -0.495 e. The van der Waals surface area contributed by atoms with Gasteiger partial charge in [-0.05, 0) is 30.3 Å². The third-order valence-corrected chi connectivity index (χ3v) is 4.53. The Balaban J connectivity index is 1.90. The predicted octanol–water partition coefficient (Wildman–Crippen LogP) is 4.07. The van der Waals surface area contributed by atoms with E-state index in [4.69, 9.17) is 16.3 Å². The van der Waals surface area contributed by atoms with Crippen LogP contribution >= 0.6 is 11.6 Å². The molecule has 2 aromatic carbocycles. The van der Waals surface area contributed by atoms with Crippen LogP contribution < -0.4 is 14.4 Å². The molecule has 0 N–H and O–H groups in total. The van der Waals surface area contributed by atoms with Crippen LogP contribution in [0.3, 0.4) is 0 Å². The third-order valence-electron chi connectivity index (χ3n) is 4.30. The molecular formula is C19H12ClF2NO5. The summed E-state index contributed by atoms with van der Waals surface area (Å²) in [4.78, 5) is 26.0. The molecule has 0 spiro atoms. The Hall–Kier alpha value is -3.13. The lowest BCUT2D eigenvalue weighted by molar-refractivity contribution is -0.286. The molecule has 6 nitrogen and oxygen atoms in total. The van der Waals surface area contributed by atoms with Gasteiger partial charge in [0.15, 0.2) is 11.5 Å². The van der Waals surface area contributed by atoms with Gasteiger partial charge in [0.05, 0.1) is 18.4 Å². The maximum absolute atomic E-state index is 13.3. The zero-order valence-electron chi connectivity index (χ0n) is 14.6. The van der Waals surface area contributed by atoms with Crippen molar-refractivity contribution in [2.45, 2.75) is 13.2 Å². The number of amides is 2. The Morgan fingerprint density at radius 3 is 2.54 bits per heavy atom. The molecule has 0 aliphatic carbocycles. The molecule has 0 aromatic heterocycles. The van der Waals surface area contributed by atoms with Gasteiger partial charge in [0.25, 0.3) is 5.91 Å². The van der Waals surface area contributed by atoms with Gasteiger partial charge in [-0.3, -0.25) is 9.59 Å². The molecule has 2 heterocycles. The van der Waals surface area contributed by atoms with Gasteiger partial charge < -0.3 is 14.2 Å². The lowest BCUT2D eigenvalue weighted by Gasteiger charge is -2.13. The molecule has 9 heteroatoms. The number of carbonyl (C=O) groups is 2. The second kappa shape index (κ2) is 6.20. The number of ether oxygens (including phenoxy) is 3. The summed E-state index contributed by atoms with van der Waals surface area (Å²) in [5.74, 6) is -1.33. The van der Waals surface area contributed by atoms with E-state index < -0.39 is 18.1 Å². The summed E-state index contributed by atoms with van der Waals surface area (Å²) in [6, 6.07) is 8.68. The van der Waals surface area contributed by atoms with E-state index in [2.05, 4.69) is 9.47 Å². The molecule has 2 aliphatic heterocycles. The monoisotopic (exact) mass is 407 g/mol. The first kappa shape index (κ1) is 18.2. The summed E-state index contributed by atoms with van der Waals surface area (Å²) in [5.41, 5.74) is 1.17. The number of fused-ring (bicyclic) bond motifs is 2. The molecular weight excluding hydrogens is 396 g/mol. The molecule has 28 heavy (non-hydrogen) atoms. The van der Waals surface area contributed by atoms with Crippen molar-refractivity contribution in [3.8, 4) is 11.5 Å². The summed E-state index contributed by atoms with van der Waals surface area (Å²) in [6.07, 6.45) is -3.76. The molecule has 0 bridgehead atoms. The highest BCUT2D eigenvalue weighted by Gasteiger charge is 2.44. The van der Waals surface area contributed by atoms with Gasteiger partial charge in [0.1, 0.15) is 5.76 Å². The number of halogens is 3. The topological polar surface area (TPSA) is 65.1 Å². The SMILES string of the molecule is CO/C(=C1/C(=O)N(C(C)=O)c2cc(Cl)ccc21)c1ccc2c(c1)OC(F)(F)O2. The molecule has 0 fully saturated rings. The van der Waals surface area contributed by atoms with Gasteiger partial charge in [0, 0.05) is 23.1 Å². The first-order valence-electron chi connectivity index (χ1n) is 8.05. The van der Waals surface area contributed by atoms with Crippen LogP contribution in [0.1, 0.15) is 18.1 Å². The predicted molar refractivity (Wildman–Crippen MR) is 96.1 cm³/mol. The van der Waals surface area contributed by atoms with Crippen LogP contribution in [0.15, 0.2) is 36.4 Å². The number of alkyl halides is 2. The maximum Gasteiger partial charge on any atom is 0.586 e. The van der Waals surface area contributed by atoms with Crippen LogP contribution in [0.4, 0.5) is 14.5 Å². The van der Waals surface area contributed by atoms with E-state index in [1.807, 2.05) is 0 Å². The number of benzene rings is 2. The first-order valence-corrected chi connectivity index (χ1v) is 8.43. The van der Waals surface area contributed by atoms with E-state index in [9.17, 15) is 18.4 Å². The second-order valence-corrected chi connectivity index (χ2v) is 6.49. The number of rotatable bonds is 2. The molecule has 0 atom stereocenters. The Morgan fingerprint density at radius 1 is 1.14 bits per heavy atom. The molecule has 2 aromatic rings. The number of nitrogens with zero attached hydrogens (tertiary/aromatic N) is 1. The van der Waals surface area contributed by atoms with Gasteiger partial charge in [0.2, 0.25) is 5.91 Å². The Bertz CT molecular complexity index is 1070. The summed E-state index contributed by atoms with van der Waals surface area (Å²) < 4.78 is 40.8. The van der Waals surface area contributed by atoms with Crippen molar-refractivity contribution in [1.82, 2.24) is 0 Å². The van der Waals surface area contributed by atoms with E-state index in [0.29, 0.717) is 21.8 Å². The fourth-order valence-corrected chi connectivity index (χ4v) is 3.39. The van der Waals surface area contributed by atoms with E-state index in [-0.39, 0.29) is 22.8 Å². The van der Waals surface area contributed by atoms with Crippen molar-refractivity contribution >= 4 is 40.4 Å². The van der Waals surface area contributed by atoms with Crippen LogP contribution in [0.25, 0.3) is 11.3 Å². The quantitative estimate of drug-likeness (QED) is 0.554. The lowest BCUT2D eigenvalue weighted by Crippen LogP contribution is -2.31. The molecule has 0 radical (unpaired) electrons. The maximum atomic E-state index is 13.3. The van der Waals surface area contributed by atoms with Gasteiger partial charge in [-0.25, -0.2) is 4.90 Å². The van der Waals surface area contributed by atoms with E-state index >= 15 is 0 Å². The summed E-state index contributed by atoms with van der Waals surface area (Å²) in [7, 11) is 1.33. The standard InChI is InChI=1S/C19H12ClF2NO5/c1-9(24)23-13-8-11(20)4-5-12(13)16(18(23)25)17(26-2)10-3-6-14-15(7-10)28-19(21,22)27-14/h3-8H,1-2H3/b17-16+. The average Bonchev–Trinajstić information content (AvgIpc) is 3.07. The van der Waals surface area contributed by atoms with Crippen molar-refractivity contribution in [2.75, 3.05) is 12.0 Å². The Labute approximate surface area is 162 Å². The average molecular weight is 408 g/mol. The minimum atomic E-state index is -3.76. The highest BCUT2D eigenvalue weighted by Crippen LogP contribution is 2.45. The summed E-state index contributed by atoms with van der Waals surface area (Å²) in [5, 5.41) is 0.350. The van der Waals surface area contributed by atoms with Crippen LogP contribution in [0.5, 0.6) is 11.5 Å². The number of anilines is 1. The minimum absolute atomic E-state index is 0.0962. The molecule has 4 rings (SSSR count). The van der Waals surface area contributed by atoms with Crippen LogP contribution in [-0.4, -0.2) is 25.2 Å². The van der Waals surface area contributed by atoms with Crippen molar-refractivity contribution < 1.29 is 32.6 Å². The van der Waals surface area contributed by atoms with Gasteiger partial charge in [-0.1, -0.05) is 17.7 Å². The van der Waals surface area contributed by atoms with Crippen LogP contribution in [-0.2, 0) is 14.3 Å². The fraction of sp³-hybridized carbons (Fsp3) is 0.158. The van der Waals surface area contributed by atoms with Gasteiger partial charge in [-0.15, -0.1) is 8.78 Å². The van der Waals surface area contributed by atoms with Gasteiger partial charge >= 0.3 is 6.29 Å². The number of hydrogen-bond donors (Lipinski definition) is 0. The number of methoxy groups -OCH3 is 1. The molecule has 2 aliphatic rings. The molecule has 0 saturated heterocycles. The van der Waals surface area contributed by atoms with E-state index in [1.54, 1.807) is 12.1 Å². The number of carbonyl (C=O) groups excluding carboxylic acids is 2. The lowest BCUT2D eigenvalue weighted by atomic mass is 10.0. The highest BCUT2D eigenvalue weighted by molar-refractivity contribution is 6.43. The molecule has 0 saturated carbocycles. The molecule has 144 valence electrons. The van der Waals surface area contributed by atoms with Crippen LogP contribution in [0, 0.1) is 0 Å². The van der Waals surface area contributed by atoms with Crippen molar-refractivity contribution in [3.05, 3.63) is 52.5 Å². The zero-order chi connectivity index (χ0) is 20.2. The molecule has 2 amide bonds. The van der Waals surface area contributed by atoms with Crippen molar-refractivity contribution in [3.63, 3.8) is 0 Å². The zero-order valence-corrected chi connectivity index (χ0v) is 15.3. The largest absolute Gasteiger partial charge is 0.586 e. The number of imide groups is 1. The highest BCUT2D eigenvalue weighted by atomic mass is 35.5. The fourth-order valence-electron chi connectivity index (χ4n) is 3.22. The molecule has 0 unspecified atom stereocenters. The smallest absolute Gasteiger partial charge is 0.495 e. The third kappa shape index (κ3) is 2.77. The Morgan fingerprint density at radius 2 is 1.86 bits per heavy atom. The second-order valence-electron chi connectivity index (χ2n) is 6.06. The summed E-state index contributed by atoms with van der Waals surface area (Å²) in [6.45, 7) is 1.25. The summed E-state index contributed by atoms with van der Waals surface area (Å²) >= 11 is 6.01. The number of hydrogen-bond acceptors (Lipinski definition) is 5. The van der Waals surface area contributed by atoms with E-state index in [0.717, 1.165) is 4.90 Å². The van der Waals surface area contributed by atoms with Crippen LogP contribution in [0.2, 0.25) is 5.02 Å². The Kier molecular flexibility index (Phi) is 4.04. The van der Waals surface area contributed by atoms with Gasteiger partial charge in [-0.2, -0.15) is 0 Å². The van der Waals surface area contributed by atoms with E-state index in [1.165, 1.54) is 38.3 Å². The normalized spacial score (nSPS) is 18.2. The van der Waals surface area contributed by atoms with Crippen molar-refractivity contribution in [1.29, 1.82) is 0 Å². The van der Waals surface area contributed by atoms with Crippen molar-refractivity contribution in [2.24, 2.45) is 0 Å². The first-order chi connectivity index (χ1) is 13.2.